The first-order valence-electron chi connectivity index (χ1n) is 6.68. The van der Waals surface area contributed by atoms with E-state index in [2.05, 4.69) is 26.6 Å². The Labute approximate surface area is 132 Å². The van der Waals surface area contributed by atoms with Crippen LogP contribution in [0.3, 0.4) is 0 Å². The molecule has 2 aromatic rings. The van der Waals surface area contributed by atoms with Crippen LogP contribution in [0.4, 0.5) is 10.5 Å². The molecule has 0 aliphatic heterocycles. The molecule has 110 valence electrons. The number of amides is 2. The van der Waals surface area contributed by atoms with Crippen molar-refractivity contribution in [3.8, 4) is 0 Å². The molecule has 2 amide bonds. The van der Waals surface area contributed by atoms with Crippen LogP contribution in [0.1, 0.15) is 18.0 Å². The van der Waals surface area contributed by atoms with Gasteiger partial charge in [0.25, 0.3) is 0 Å². The normalized spacial score (nSPS) is 11.7. The molecule has 0 bridgehead atoms. The second kappa shape index (κ2) is 7.81. The van der Waals surface area contributed by atoms with Gasteiger partial charge in [0, 0.05) is 16.8 Å². The summed E-state index contributed by atoms with van der Waals surface area (Å²) in [7, 11) is 0. The van der Waals surface area contributed by atoms with Gasteiger partial charge in [0.1, 0.15) is 0 Å². The molecule has 1 atom stereocenters. The summed E-state index contributed by atoms with van der Waals surface area (Å²) in [6, 6.07) is 16.4. The molecule has 3 N–H and O–H groups in total. The Bertz CT molecular complexity index is 573. The number of carbonyl (C=O) groups is 1. The zero-order chi connectivity index (χ0) is 15.1. The van der Waals surface area contributed by atoms with Gasteiger partial charge in [-0.3, -0.25) is 0 Å². The lowest BCUT2D eigenvalue weighted by molar-refractivity contribution is 0.239. The summed E-state index contributed by atoms with van der Waals surface area (Å²) in [6.45, 7) is 0.0120. The Hall–Kier alpha value is -1.85. The average molecular weight is 349 g/mol. The number of anilines is 1. The van der Waals surface area contributed by atoms with E-state index in [9.17, 15) is 4.79 Å². The van der Waals surface area contributed by atoms with Gasteiger partial charge >= 0.3 is 6.03 Å². The van der Waals surface area contributed by atoms with Gasteiger partial charge < -0.3 is 15.7 Å². The molecule has 0 aliphatic carbocycles. The Kier molecular flexibility index (Phi) is 5.78. The molecule has 0 heterocycles. The van der Waals surface area contributed by atoms with Gasteiger partial charge in [0.15, 0.2) is 0 Å². The quantitative estimate of drug-likeness (QED) is 0.771. The highest BCUT2D eigenvalue weighted by Crippen LogP contribution is 2.17. The summed E-state index contributed by atoms with van der Waals surface area (Å²) >= 11 is 3.35. The predicted molar refractivity (Wildman–Crippen MR) is 87.2 cm³/mol. The van der Waals surface area contributed by atoms with Crippen LogP contribution in [0, 0.1) is 0 Å². The van der Waals surface area contributed by atoms with Crippen LogP contribution < -0.4 is 10.6 Å². The largest absolute Gasteiger partial charge is 0.396 e. The minimum atomic E-state index is -0.292. The summed E-state index contributed by atoms with van der Waals surface area (Å²) in [6.07, 6.45) is 0.470. The number of aliphatic hydroxyl groups excluding tert-OH is 1. The molecule has 0 spiro atoms. The Morgan fingerprint density at radius 1 is 1.10 bits per heavy atom. The maximum absolute atomic E-state index is 12.0. The van der Waals surface area contributed by atoms with E-state index in [1.807, 2.05) is 54.6 Å². The molecular formula is C16H17BrN2O2. The zero-order valence-corrected chi connectivity index (χ0v) is 13.0. The highest BCUT2D eigenvalue weighted by molar-refractivity contribution is 9.10. The minimum Gasteiger partial charge on any atom is -0.396 e. The van der Waals surface area contributed by atoms with E-state index in [4.69, 9.17) is 5.11 Å². The van der Waals surface area contributed by atoms with Gasteiger partial charge in [-0.05, 0) is 36.2 Å². The number of aliphatic hydroxyl groups is 1. The highest BCUT2D eigenvalue weighted by Gasteiger charge is 2.13. The van der Waals surface area contributed by atoms with Crippen molar-refractivity contribution < 1.29 is 9.90 Å². The summed E-state index contributed by atoms with van der Waals surface area (Å²) in [5.41, 5.74) is 1.68. The molecule has 1 unspecified atom stereocenters. The minimum absolute atomic E-state index is 0.0120. The number of nitrogens with one attached hydrogen (secondary N) is 2. The first kappa shape index (κ1) is 15.5. The number of carbonyl (C=O) groups excluding carboxylic acids is 1. The average Bonchev–Trinajstić information content (AvgIpc) is 2.50. The molecule has 5 heteroatoms. The van der Waals surface area contributed by atoms with Crippen molar-refractivity contribution in [2.75, 3.05) is 11.9 Å². The van der Waals surface area contributed by atoms with E-state index in [1.54, 1.807) is 0 Å². The SMILES string of the molecule is O=C(Nc1ccc(Br)cc1)NC(CCO)c1ccccc1. The molecule has 0 aromatic heterocycles. The van der Waals surface area contributed by atoms with Crippen LogP contribution >= 0.6 is 15.9 Å². The zero-order valence-electron chi connectivity index (χ0n) is 11.4. The molecule has 4 nitrogen and oxygen atoms in total. The van der Waals surface area contributed by atoms with Crippen LogP contribution in [-0.4, -0.2) is 17.7 Å². The first-order valence-corrected chi connectivity index (χ1v) is 7.47. The summed E-state index contributed by atoms with van der Waals surface area (Å²) in [5, 5.41) is 14.8. The van der Waals surface area contributed by atoms with Crippen molar-refractivity contribution in [3.05, 3.63) is 64.6 Å². The van der Waals surface area contributed by atoms with Gasteiger partial charge in [0.05, 0.1) is 6.04 Å². The molecular weight excluding hydrogens is 332 g/mol. The van der Waals surface area contributed by atoms with Crippen molar-refractivity contribution in [3.63, 3.8) is 0 Å². The number of benzene rings is 2. The lowest BCUT2D eigenvalue weighted by Crippen LogP contribution is -2.33. The Morgan fingerprint density at radius 2 is 1.76 bits per heavy atom. The molecule has 0 radical (unpaired) electrons. The monoisotopic (exact) mass is 348 g/mol. The fraction of sp³-hybridized carbons (Fsp3) is 0.188. The number of halogens is 1. The predicted octanol–water partition coefficient (Wildman–Crippen LogP) is 3.69. The maximum atomic E-state index is 12.0. The summed E-state index contributed by atoms with van der Waals surface area (Å²) in [4.78, 5) is 12.0. The number of rotatable bonds is 5. The van der Waals surface area contributed by atoms with Gasteiger partial charge in [-0.25, -0.2) is 4.79 Å². The van der Waals surface area contributed by atoms with E-state index >= 15 is 0 Å². The maximum Gasteiger partial charge on any atom is 0.319 e. The van der Waals surface area contributed by atoms with Crippen LogP contribution in [0.5, 0.6) is 0 Å². The van der Waals surface area contributed by atoms with Crippen molar-refractivity contribution in [2.24, 2.45) is 0 Å². The Morgan fingerprint density at radius 3 is 2.38 bits per heavy atom. The standard InChI is InChI=1S/C16H17BrN2O2/c17-13-6-8-14(9-7-13)18-16(21)19-15(10-11-20)12-4-2-1-3-5-12/h1-9,15,20H,10-11H2,(H2,18,19,21). The smallest absolute Gasteiger partial charge is 0.319 e. The fourth-order valence-corrected chi connectivity index (χ4v) is 2.26. The van der Waals surface area contributed by atoms with Crippen molar-refractivity contribution >= 4 is 27.6 Å². The van der Waals surface area contributed by atoms with Gasteiger partial charge in [0.2, 0.25) is 0 Å². The van der Waals surface area contributed by atoms with Crippen molar-refractivity contribution in [2.45, 2.75) is 12.5 Å². The third kappa shape index (κ3) is 4.88. The highest BCUT2D eigenvalue weighted by atomic mass is 79.9. The molecule has 21 heavy (non-hydrogen) atoms. The van der Waals surface area contributed by atoms with E-state index in [0.717, 1.165) is 10.0 Å². The lowest BCUT2D eigenvalue weighted by Gasteiger charge is -2.18. The van der Waals surface area contributed by atoms with E-state index in [1.165, 1.54) is 0 Å². The molecule has 0 fully saturated rings. The number of urea groups is 1. The number of hydrogen-bond acceptors (Lipinski definition) is 2. The van der Waals surface area contributed by atoms with Crippen molar-refractivity contribution in [1.82, 2.24) is 5.32 Å². The third-order valence-corrected chi connectivity index (χ3v) is 3.56. The first-order chi connectivity index (χ1) is 10.2. The molecule has 2 rings (SSSR count). The summed E-state index contributed by atoms with van der Waals surface area (Å²) in [5.74, 6) is 0. The van der Waals surface area contributed by atoms with Crippen LogP contribution in [0.15, 0.2) is 59.1 Å². The lowest BCUT2D eigenvalue weighted by atomic mass is 10.0. The second-order valence-corrected chi connectivity index (χ2v) is 5.50. The fourth-order valence-electron chi connectivity index (χ4n) is 2.00. The van der Waals surface area contributed by atoms with Gasteiger partial charge in [-0.15, -0.1) is 0 Å². The molecule has 0 saturated heterocycles. The van der Waals surface area contributed by atoms with Crippen LogP contribution in [-0.2, 0) is 0 Å². The molecule has 2 aromatic carbocycles. The third-order valence-electron chi connectivity index (χ3n) is 3.03. The van der Waals surface area contributed by atoms with E-state index < -0.39 is 0 Å². The Balaban J connectivity index is 2.00. The summed E-state index contributed by atoms with van der Waals surface area (Å²) < 4.78 is 0.955. The van der Waals surface area contributed by atoms with Crippen LogP contribution in [0.2, 0.25) is 0 Å². The van der Waals surface area contributed by atoms with E-state index in [-0.39, 0.29) is 18.7 Å². The van der Waals surface area contributed by atoms with E-state index in [0.29, 0.717) is 12.1 Å². The van der Waals surface area contributed by atoms with Gasteiger partial charge in [-0.1, -0.05) is 46.3 Å². The topological polar surface area (TPSA) is 61.4 Å². The van der Waals surface area contributed by atoms with Crippen LogP contribution in [0.25, 0.3) is 0 Å². The number of hydrogen-bond donors (Lipinski definition) is 3. The molecule has 0 aliphatic rings. The molecule has 0 saturated carbocycles. The second-order valence-electron chi connectivity index (χ2n) is 4.58. The van der Waals surface area contributed by atoms with Crippen molar-refractivity contribution in [1.29, 1.82) is 0 Å². The van der Waals surface area contributed by atoms with Gasteiger partial charge in [-0.2, -0.15) is 0 Å².